The van der Waals surface area contributed by atoms with Gasteiger partial charge in [0.05, 0.1) is 56.4 Å². The number of nitrogens with one attached hydrogen (secondary N) is 2. The van der Waals surface area contributed by atoms with E-state index in [2.05, 4.69) is 106 Å². The van der Waals surface area contributed by atoms with Gasteiger partial charge in [0, 0.05) is 158 Å². The van der Waals surface area contributed by atoms with E-state index in [0.717, 1.165) is 57.6 Å². The first-order valence-corrected chi connectivity index (χ1v) is 36.5. The molecular weight excluding hydrogens is 1740 g/mol. The summed E-state index contributed by atoms with van der Waals surface area (Å²) in [4.78, 5) is 49.5. The number of amides is 2. The summed E-state index contributed by atoms with van der Waals surface area (Å²) in [6.45, 7) is 0. The molecule has 108 heavy (non-hydrogen) atoms. The number of nitrogens with two attached hydrogens (primary N) is 1. The summed E-state index contributed by atoms with van der Waals surface area (Å²) in [6, 6.07) is 37.1. The third-order valence-corrected chi connectivity index (χ3v) is 16.4. The second kappa shape index (κ2) is 35.9. The molecule has 562 valence electrons. The Morgan fingerprint density at radius 1 is 0.472 bits per heavy atom. The number of aromatic carboxylic acids is 1. The van der Waals surface area contributed by atoms with Gasteiger partial charge in [-0.05, 0) is 168 Å². The van der Waals surface area contributed by atoms with E-state index >= 15 is 0 Å². The van der Waals surface area contributed by atoms with Crippen LogP contribution in [0, 0.1) is 0 Å². The number of nitrogens with zero attached hydrogens (tertiary/aromatic N) is 12. The van der Waals surface area contributed by atoms with E-state index in [0.29, 0.717) is 38.3 Å². The molecule has 9 aromatic heterocycles. The molecule has 0 aliphatic carbocycles. The van der Waals surface area contributed by atoms with Gasteiger partial charge >= 0.3 is 36.8 Å². The van der Waals surface area contributed by atoms with E-state index in [1.165, 1.54) is 56.6 Å². The molecule has 9 heterocycles. The van der Waals surface area contributed by atoms with Gasteiger partial charge in [0.2, 0.25) is 0 Å². The van der Waals surface area contributed by atoms with Crippen molar-refractivity contribution in [2.24, 2.45) is 21.1 Å². The SMILES string of the molecule is Cn1ccc(-c2cc(C(=O)Nc3c(-c4ccccc4)ccn4ccnc34)ccc2C(F)(F)F)n1.Cn1ccc(-c2cc(C(=O)Nc3c(Br)ccn4ccnc34)ccc2C(F)(F)F)n1.Cn1ccc(-c2cc(C(=O)O)ccc2C(F)(F)F)n1.Nc1c(Br)ccn2ccnc12.O=P(Cl)(Cl)Cl.OB(O)c1ccccc1.[Pd]. The van der Waals surface area contributed by atoms with Crippen LogP contribution in [0.25, 0.3) is 61.8 Å². The van der Waals surface area contributed by atoms with Crippen LogP contribution >= 0.6 is 70.8 Å². The Morgan fingerprint density at radius 2 is 0.824 bits per heavy atom. The van der Waals surface area contributed by atoms with Crippen molar-refractivity contribution in [3.63, 3.8) is 0 Å². The van der Waals surface area contributed by atoms with Crippen LogP contribution in [-0.4, -0.2) is 97.6 Å². The number of imidazole rings is 3. The van der Waals surface area contributed by atoms with Gasteiger partial charge in [-0.2, -0.15) is 54.8 Å². The number of nitrogen functional groups attached to an aromatic ring is 1. The number of rotatable bonds is 10. The monoisotopic (exact) mass is 1790 g/mol. The summed E-state index contributed by atoms with van der Waals surface area (Å²) in [6.07, 6.45) is 6.57. The Bertz CT molecular complexity index is 5540. The molecule has 0 atom stereocenters. The van der Waals surface area contributed by atoms with Crippen molar-refractivity contribution < 1.29 is 94.0 Å². The number of hydrogen-bond donors (Lipinski definition) is 6. The topological polar surface area (TPSA) is 284 Å². The van der Waals surface area contributed by atoms with Crippen LogP contribution in [0.4, 0.5) is 56.6 Å². The predicted molar refractivity (Wildman–Crippen MR) is 396 cm³/mol. The van der Waals surface area contributed by atoms with E-state index in [4.69, 9.17) is 20.9 Å². The maximum absolute atomic E-state index is 13.7. The van der Waals surface area contributed by atoms with Gasteiger partial charge in [-0.15, -0.1) is 0 Å². The molecule has 0 bridgehead atoms. The molecule has 0 saturated heterocycles. The molecule has 22 nitrogen and oxygen atoms in total. The van der Waals surface area contributed by atoms with Gasteiger partial charge in [-0.3, -0.25) is 28.2 Å². The van der Waals surface area contributed by atoms with E-state index in [9.17, 15) is 58.5 Å². The molecule has 0 saturated carbocycles. The summed E-state index contributed by atoms with van der Waals surface area (Å²) >= 11 is 20.5. The molecule has 14 rings (SSSR count). The molecule has 5 aromatic carbocycles. The quantitative estimate of drug-likeness (QED) is 0.0422. The Kier molecular flexibility index (Phi) is 27.8. The second-order valence-corrected chi connectivity index (χ2v) is 30.7. The number of alkyl halides is 9. The first-order valence-electron chi connectivity index (χ1n) is 30.5. The number of aryl methyl sites for hydroxylation is 3. The average Bonchev–Trinajstić information content (AvgIpc) is 1.51. The van der Waals surface area contributed by atoms with Crippen molar-refractivity contribution in [2.45, 2.75) is 18.5 Å². The number of anilines is 3. The number of carboxylic acids is 1. The van der Waals surface area contributed by atoms with Crippen LogP contribution in [0.3, 0.4) is 0 Å². The van der Waals surface area contributed by atoms with E-state index in [-0.39, 0.29) is 70.9 Å². The third-order valence-electron chi connectivity index (χ3n) is 15.0. The van der Waals surface area contributed by atoms with E-state index in [1.807, 2.05) is 71.5 Å². The molecule has 0 aliphatic rings. The maximum atomic E-state index is 13.7. The van der Waals surface area contributed by atoms with E-state index in [1.54, 1.807) is 110 Å². The molecule has 0 unspecified atom stereocenters. The van der Waals surface area contributed by atoms with Crippen molar-refractivity contribution in [1.29, 1.82) is 0 Å². The first-order chi connectivity index (χ1) is 50.4. The Labute approximate surface area is 651 Å². The van der Waals surface area contributed by atoms with Crippen molar-refractivity contribution in [3.8, 4) is 44.9 Å². The second-order valence-electron chi connectivity index (χ2n) is 22.4. The van der Waals surface area contributed by atoms with Crippen molar-refractivity contribution in [3.05, 3.63) is 268 Å². The molecule has 2 amide bonds. The van der Waals surface area contributed by atoms with E-state index < -0.39 is 65.3 Å². The summed E-state index contributed by atoms with van der Waals surface area (Å²) in [5.74, 6) is -2.40. The van der Waals surface area contributed by atoms with Crippen LogP contribution in [0.1, 0.15) is 47.8 Å². The van der Waals surface area contributed by atoms with Crippen LogP contribution < -0.4 is 21.8 Å². The van der Waals surface area contributed by atoms with Crippen molar-refractivity contribution in [1.82, 2.24) is 57.5 Å². The average molecular weight is 1790 g/mol. The minimum absolute atomic E-state index is 0. The number of hydrogen-bond acceptors (Lipinski definition) is 13. The summed E-state index contributed by atoms with van der Waals surface area (Å²) in [5.41, 5.74) is 8.31. The van der Waals surface area contributed by atoms with Gasteiger partial charge in [0.25, 0.3) is 11.8 Å². The molecular formula is C69H53BBr2Cl3F9N15O7PPd. The minimum Gasteiger partial charge on any atom is -0.478 e. The van der Waals surface area contributed by atoms with Crippen LogP contribution in [-0.2, 0) is 64.7 Å². The number of carbonyl (C=O) groups is 3. The zero-order valence-corrected chi connectivity index (χ0v) is 63.3. The first kappa shape index (κ1) is 83.7. The fourth-order valence-electron chi connectivity index (χ4n) is 10.1. The molecule has 0 spiro atoms. The number of benzene rings is 5. The maximum Gasteiger partial charge on any atom is 0.488 e. The number of pyridine rings is 3. The molecule has 0 aliphatic heterocycles. The van der Waals surface area contributed by atoms with Crippen LogP contribution in [0.2, 0.25) is 0 Å². The molecule has 39 heteroatoms. The van der Waals surface area contributed by atoms with Crippen LogP contribution in [0.15, 0.2) is 235 Å². The standard InChI is InChI=1S/C25H18F3N5O.C19H13BrF3N5O.C12H9F3N2O2.C7H6BrN3.C6H7BO2.Cl3OP.Pd/c1-32-12-10-21(31-32)19-15-17(7-8-20(19)25(26,27)28)24(34)30-22-18(16-5-3-2-4-6-16)9-13-33-14-11-29-23(22)33;1-27-7-5-15(26-27)12-10-11(2-3-13(12)19(21,22)23)18(29)25-16-14(20)4-8-28-9-6-24-17(16)28;1-17-5-4-10(16-17)8-6-7(11(18)19)2-3-9(8)12(13,14)15;8-5-1-3-11-4-2-10-7(11)6(5)9;8-7(9)6-4-2-1-3-5-6;1-5(2,3)4;/h2-15H,1H3,(H,30,34);2-10H,1H3,(H,25,29);2-6H,1H3,(H,18,19);1-4H,9H2;1-5,8-9H;;. The zero-order chi connectivity index (χ0) is 77.9. The zero-order valence-electron chi connectivity index (χ0n) is 55.4. The summed E-state index contributed by atoms with van der Waals surface area (Å²) < 4.78 is 141. The molecule has 0 fully saturated rings. The Hall–Kier alpha value is -9.91. The number of carbonyl (C=O) groups excluding carboxylic acids is 2. The smallest absolute Gasteiger partial charge is 0.478 e. The normalized spacial score (nSPS) is 11.2. The number of carboxylic acid groups (broad SMARTS) is 1. The van der Waals surface area contributed by atoms with Gasteiger partial charge in [-0.25, -0.2) is 19.7 Å². The fraction of sp³-hybridized carbons (Fsp3) is 0.0870. The van der Waals surface area contributed by atoms with Gasteiger partial charge in [-0.1, -0.05) is 60.7 Å². The van der Waals surface area contributed by atoms with Crippen molar-refractivity contribution >= 4 is 135 Å². The van der Waals surface area contributed by atoms with Gasteiger partial charge in [0.15, 0.2) is 16.9 Å². The number of halogens is 14. The number of fused-ring (bicyclic) bond motifs is 3. The summed E-state index contributed by atoms with van der Waals surface area (Å²) in [7, 11) is 3.45. The Balaban J connectivity index is 0.000000178. The summed E-state index contributed by atoms with van der Waals surface area (Å²) in [5, 5.41) is 40.4. The van der Waals surface area contributed by atoms with Gasteiger partial charge in [0.1, 0.15) is 0 Å². The molecule has 14 aromatic rings. The molecule has 0 radical (unpaired) electrons. The van der Waals surface area contributed by atoms with Crippen molar-refractivity contribution in [2.75, 3.05) is 16.4 Å². The molecule has 7 N–H and O–H groups in total. The predicted octanol–water partition coefficient (Wildman–Crippen LogP) is 17.1. The Morgan fingerprint density at radius 3 is 1.20 bits per heavy atom. The van der Waals surface area contributed by atoms with Gasteiger partial charge < -0.3 is 44.7 Å². The van der Waals surface area contributed by atoms with Crippen LogP contribution in [0.5, 0.6) is 0 Å². The fourth-order valence-corrected chi connectivity index (χ4v) is 10.8. The number of aromatic nitrogens is 12. The third kappa shape index (κ3) is 21.9. The minimum atomic E-state index is -4.59. The largest absolute Gasteiger partial charge is 0.488 e.